The first kappa shape index (κ1) is 13.9. The Balaban J connectivity index is 2.29. The maximum Gasteiger partial charge on any atom is 0.158 e. The van der Waals surface area contributed by atoms with E-state index in [-0.39, 0.29) is 10.6 Å². The van der Waals surface area contributed by atoms with E-state index in [1.165, 1.54) is 0 Å². The van der Waals surface area contributed by atoms with Crippen molar-refractivity contribution >= 4 is 29.7 Å². The van der Waals surface area contributed by atoms with Crippen LogP contribution in [0.5, 0.6) is 0 Å². The van der Waals surface area contributed by atoms with Gasteiger partial charge >= 0.3 is 0 Å². The average Bonchev–Trinajstić information content (AvgIpc) is 2.54. The summed E-state index contributed by atoms with van der Waals surface area (Å²) in [6.07, 6.45) is 1.90. The summed E-state index contributed by atoms with van der Waals surface area (Å²) < 4.78 is 24.4. The lowest BCUT2D eigenvalue weighted by Crippen LogP contribution is -2.43. The van der Waals surface area contributed by atoms with E-state index in [1.807, 2.05) is 36.4 Å². The minimum absolute atomic E-state index is 0.205. The summed E-state index contributed by atoms with van der Waals surface area (Å²) in [5.74, 6) is 0.205. The molecular weight excluding hydrogens is 280 g/mol. The van der Waals surface area contributed by atoms with E-state index in [2.05, 4.69) is 19.6 Å². The molecule has 0 bridgehead atoms. The Kier molecular flexibility index (Phi) is 3.76. The van der Waals surface area contributed by atoms with E-state index in [0.717, 1.165) is 9.80 Å². The topological polar surface area (TPSA) is 34.1 Å². The molecule has 0 aliphatic carbocycles. The minimum Gasteiger partial charge on any atom is -0.228 e. The second-order valence-electron chi connectivity index (χ2n) is 5.60. The van der Waals surface area contributed by atoms with Gasteiger partial charge in [0.05, 0.1) is 18.7 Å². The Morgan fingerprint density at radius 1 is 1.17 bits per heavy atom. The minimum atomic E-state index is -2.97. The second kappa shape index (κ2) is 4.87. The van der Waals surface area contributed by atoms with Crippen molar-refractivity contribution in [1.82, 2.24) is 0 Å². The van der Waals surface area contributed by atoms with Crippen molar-refractivity contribution in [3.8, 4) is 0 Å². The molecule has 1 aromatic rings. The van der Waals surface area contributed by atoms with Gasteiger partial charge in [-0.05, 0) is 12.1 Å². The summed E-state index contributed by atoms with van der Waals surface area (Å²) >= 11 is 1.61. The summed E-state index contributed by atoms with van der Waals surface area (Å²) in [5.41, 5.74) is 0. The lowest BCUT2D eigenvalue weighted by atomic mass is 10.4. The molecule has 1 atom stereocenters. The second-order valence-corrected chi connectivity index (χ2v) is 14.6. The summed E-state index contributed by atoms with van der Waals surface area (Å²) in [6.45, 7) is 6.37. The van der Waals surface area contributed by atoms with E-state index < -0.39 is 17.9 Å². The third-order valence-electron chi connectivity index (χ3n) is 2.90. The van der Waals surface area contributed by atoms with E-state index in [1.54, 1.807) is 11.8 Å². The van der Waals surface area contributed by atoms with Crippen molar-refractivity contribution < 1.29 is 8.42 Å². The van der Waals surface area contributed by atoms with Gasteiger partial charge in [-0.2, -0.15) is 0 Å². The zero-order valence-corrected chi connectivity index (χ0v) is 13.5. The van der Waals surface area contributed by atoms with Crippen LogP contribution in [-0.4, -0.2) is 27.1 Å². The van der Waals surface area contributed by atoms with Crippen LogP contribution >= 0.6 is 11.8 Å². The largest absolute Gasteiger partial charge is 0.228 e. The molecule has 18 heavy (non-hydrogen) atoms. The lowest BCUT2D eigenvalue weighted by molar-refractivity contribution is 0.600. The van der Waals surface area contributed by atoms with Crippen LogP contribution in [0, 0.1) is 0 Å². The van der Waals surface area contributed by atoms with Crippen molar-refractivity contribution in [1.29, 1.82) is 0 Å². The van der Waals surface area contributed by atoms with Gasteiger partial charge in [0, 0.05) is 9.80 Å². The van der Waals surface area contributed by atoms with Crippen molar-refractivity contribution in [3.05, 3.63) is 41.3 Å². The first-order valence-electron chi connectivity index (χ1n) is 5.95. The molecule has 98 valence electrons. The maximum absolute atomic E-state index is 12.2. The molecule has 1 aliphatic rings. The van der Waals surface area contributed by atoms with E-state index in [0.29, 0.717) is 0 Å². The summed E-state index contributed by atoms with van der Waals surface area (Å²) in [6, 6.07) is 9.99. The average molecular weight is 299 g/mol. The highest BCUT2D eigenvalue weighted by atomic mass is 32.2. The summed E-state index contributed by atoms with van der Waals surface area (Å²) in [7, 11) is -4.72. The highest BCUT2D eigenvalue weighted by molar-refractivity contribution is 8.05. The van der Waals surface area contributed by atoms with Crippen molar-refractivity contribution in [3.63, 3.8) is 0 Å². The molecule has 0 saturated heterocycles. The van der Waals surface area contributed by atoms with Crippen LogP contribution in [0.3, 0.4) is 0 Å². The Hall–Kier alpha value is -0.523. The third-order valence-corrected chi connectivity index (χ3v) is 11.1. The molecule has 0 amide bonds. The number of benzene rings is 1. The summed E-state index contributed by atoms with van der Waals surface area (Å²) in [5, 5.41) is 0. The van der Waals surface area contributed by atoms with Gasteiger partial charge in [0.15, 0.2) is 9.84 Å². The first-order chi connectivity index (χ1) is 8.31. The van der Waals surface area contributed by atoms with Crippen LogP contribution in [0.4, 0.5) is 0 Å². The van der Waals surface area contributed by atoms with Gasteiger partial charge in [0.25, 0.3) is 0 Å². The fraction of sp³-hybridized carbons (Fsp3) is 0.385. The molecule has 2 rings (SSSR count). The van der Waals surface area contributed by atoms with E-state index in [4.69, 9.17) is 0 Å². The maximum atomic E-state index is 12.2. The number of hydrogen-bond donors (Lipinski definition) is 0. The van der Waals surface area contributed by atoms with Gasteiger partial charge in [-0.3, -0.25) is 0 Å². The Bertz CT molecular complexity index is 556. The van der Waals surface area contributed by atoms with Crippen molar-refractivity contribution in [2.45, 2.75) is 29.4 Å². The van der Waals surface area contributed by atoms with Crippen LogP contribution in [0.15, 0.2) is 46.2 Å². The molecule has 1 aromatic carbocycles. The summed E-state index contributed by atoms with van der Waals surface area (Å²) in [4.78, 5) is 1.90. The van der Waals surface area contributed by atoms with Gasteiger partial charge in [-0.15, -0.1) is 0 Å². The SMILES string of the molecule is C[Si](C)(C)C1C(Sc2ccccc2)=CCS1(=O)=O. The molecule has 5 heteroatoms. The Morgan fingerprint density at radius 2 is 1.78 bits per heavy atom. The third kappa shape index (κ3) is 2.89. The monoisotopic (exact) mass is 298 g/mol. The Labute approximate surface area is 114 Å². The molecule has 0 fully saturated rings. The fourth-order valence-electron chi connectivity index (χ4n) is 2.26. The number of sulfone groups is 1. The van der Waals surface area contributed by atoms with E-state index >= 15 is 0 Å². The molecule has 0 N–H and O–H groups in total. The van der Waals surface area contributed by atoms with Gasteiger partial charge < -0.3 is 0 Å². The van der Waals surface area contributed by atoms with Crippen LogP contribution in [-0.2, 0) is 9.84 Å². The van der Waals surface area contributed by atoms with Crippen LogP contribution in [0.1, 0.15) is 0 Å². The predicted octanol–water partition coefficient (Wildman–Crippen LogP) is 3.34. The smallest absolute Gasteiger partial charge is 0.158 e. The molecule has 2 nitrogen and oxygen atoms in total. The number of thioether (sulfide) groups is 1. The van der Waals surface area contributed by atoms with E-state index in [9.17, 15) is 8.42 Å². The van der Waals surface area contributed by atoms with Gasteiger partial charge in [-0.25, -0.2) is 8.42 Å². The molecule has 0 spiro atoms. The zero-order valence-electron chi connectivity index (χ0n) is 10.9. The zero-order chi connectivity index (χ0) is 13.4. The number of hydrogen-bond acceptors (Lipinski definition) is 3. The molecule has 1 unspecified atom stereocenters. The van der Waals surface area contributed by atoms with Gasteiger partial charge in [0.1, 0.15) is 0 Å². The normalized spacial score (nSPS) is 22.8. The highest BCUT2D eigenvalue weighted by Crippen LogP contribution is 2.39. The van der Waals surface area contributed by atoms with Crippen LogP contribution in [0.25, 0.3) is 0 Å². The standard InChI is InChI=1S/C13H18O2S2Si/c1-18(2,3)13-12(9-10-17(13,14)15)16-11-7-5-4-6-8-11/h4-9,13H,10H2,1-3H3. The Morgan fingerprint density at radius 3 is 2.33 bits per heavy atom. The molecule has 0 aromatic heterocycles. The van der Waals surface area contributed by atoms with Gasteiger partial charge in [-0.1, -0.05) is 55.7 Å². The van der Waals surface area contributed by atoms with Crippen LogP contribution < -0.4 is 0 Å². The van der Waals surface area contributed by atoms with Crippen LogP contribution in [0.2, 0.25) is 19.6 Å². The fourth-order valence-corrected chi connectivity index (χ4v) is 11.7. The van der Waals surface area contributed by atoms with Crippen molar-refractivity contribution in [2.24, 2.45) is 0 Å². The molecule has 0 saturated carbocycles. The molecular formula is C13H18O2S2Si. The van der Waals surface area contributed by atoms with Crippen molar-refractivity contribution in [2.75, 3.05) is 5.75 Å². The number of rotatable bonds is 3. The first-order valence-corrected chi connectivity index (χ1v) is 12.1. The lowest BCUT2D eigenvalue weighted by Gasteiger charge is -2.26. The molecule has 0 radical (unpaired) electrons. The van der Waals surface area contributed by atoms with Gasteiger partial charge in [0.2, 0.25) is 0 Å². The molecule has 1 aliphatic heterocycles. The predicted molar refractivity (Wildman–Crippen MR) is 81.3 cm³/mol. The highest BCUT2D eigenvalue weighted by Gasteiger charge is 2.43. The quantitative estimate of drug-likeness (QED) is 0.803. The molecule has 1 heterocycles.